The Balaban J connectivity index is 1.48. The number of fused-ring (bicyclic) bond motifs is 1. The quantitative estimate of drug-likeness (QED) is 0.761. The van der Waals surface area contributed by atoms with Crippen molar-refractivity contribution in [2.45, 2.75) is 25.8 Å². The van der Waals surface area contributed by atoms with E-state index in [9.17, 15) is 0 Å². The molecule has 0 aliphatic carbocycles. The van der Waals surface area contributed by atoms with Gasteiger partial charge in [0.15, 0.2) is 0 Å². The van der Waals surface area contributed by atoms with E-state index in [1.165, 1.54) is 16.8 Å². The van der Waals surface area contributed by atoms with E-state index in [1.54, 1.807) is 6.33 Å². The minimum absolute atomic E-state index is 0.407. The molecule has 4 rings (SSSR count). The van der Waals surface area contributed by atoms with Crippen molar-refractivity contribution in [1.29, 1.82) is 0 Å². The maximum atomic E-state index is 4.51. The summed E-state index contributed by atoms with van der Waals surface area (Å²) < 4.78 is 0. The molecular formula is C21H22N4. The summed E-state index contributed by atoms with van der Waals surface area (Å²) in [5.74, 6) is 1.83. The van der Waals surface area contributed by atoms with Gasteiger partial charge >= 0.3 is 0 Å². The second-order valence-corrected chi connectivity index (χ2v) is 6.48. The third-order valence-electron chi connectivity index (χ3n) is 4.67. The summed E-state index contributed by atoms with van der Waals surface area (Å²) in [6.07, 6.45) is 3.67. The number of nitrogens with zero attached hydrogens (tertiary/aromatic N) is 3. The van der Waals surface area contributed by atoms with Crippen LogP contribution in [0.1, 0.15) is 18.1 Å². The van der Waals surface area contributed by atoms with Crippen molar-refractivity contribution in [2.75, 3.05) is 16.8 Å². The molecule has 0 spiro atoms. The van der Waals surface area contributed by atoms with Gasteiger partial charge in [0.2, 0.25) is 0 Å². The Bertz CT molecular complexity index is 847. The Kier molecular flexibility index (Phi) is 4.34. The number of nitrogens with one attached hydrogen (secondary N) is 1. The van der Waals surface area contributed by atoms with Crippen molar-refractivity contribution in [2.24, 2.45) is 0 Å². The molecule has 1 aromatic heterocycles. The third-order valence-corrected chi connectivity index (χ3v) is 4.67. The predicted octanol–water partition coefficient (Wildman–Crippen LogP) is 4.21. The molecule has 1 N–H and O–H groups in total. The zero-order chi connectivity index (χ0) is 17.1. The summed E-state index contributed by atoms with van der Waals surface area (Å²) in [5, 5.41) is 3.42. The summed E-state index contributed by atoms with van der Waals surface area (Å²) in [7, 11) is 0. The molecule has 4 nitrogen and oxygen atoms in total. The van der Waals surface area contributed by atoms with Crippen molar-refractivity contribution in [1.82, 2.24) is 9.97 Å². The van der Waals surface area contributed by atoms with Gasteiger partial charge < -0.3 is 10.2 Å². The maximum Gasteiger partial charge on any atom is 0.138 e. The van der Waals surface area contributed by atoms with E-state index < -0.39 is 0 Å². The highest BCUT2D eigenvalue weighted by molar-refractivity contribution is 5.69. The minimum atomic E-state index is 0.407. The van der Waals surface area contributed by atoms with Gasteiger partial charge in [0.05, 0.1) is 0 Å². The van der Waals surface area contributed by atoms with Crippen molar-refractivity contribution < 1.29 is 0 Å². The van der Waals surface area contributed by atoms with Gasteiger partial charge in [0.25, 0.3) is 0 Å². The number of benzene rings is 2. The minimum Gasteiger partial charge on any atom is -0.370 e. The molecular weight excluding hydrogens is 308 g/mol. The van der Waals surface area contributed by atoms with Crippen LogP contribution in [0.25, 0.3) is 0 Å². The van der Waals surface area contributed by atoms with E-state index in [-0.39, 0.29) is 0 Å². The molecule has 4 heteroatoms. The molecule has 1 unspecified atom stereocenters. The van der Waals surface area contributed by atoms with Crippen molar-refractivity contribution in [3.8, 4) is 0 Å². The largest absolute Gasteiger partial charge is 0.370 e. The standard InChI is InChI=1S/C21H22N4/c1-16-13-18-9-5-6-10-19(18)25(16)21-14-20(23-15-24-21)22-12-11-17-7-3-2-4-8-17/h2-10,14-16H,11-13H2,1H3,(H,22,23,24). The van der Waals surface area contributed by atoms with Gasteiger partial charge in [-0.3, -0.25) is 0 Å². The van der Waals surface area contributed by atoms with Crippen LogP contribution in [0.5, 0.6) is 0 Å². The maximum absolute atomic E-state index is 4.51. The number of aromatic nitrogens is 2. The monoisotopic (exact) mass is 330 g/mol. The highest BCUT2D eigenvalue weighted by Gasteiger charge is 2.27. The van der Waals surface area contributed by atoms with Crippen LogP contribution in [-0.2, 0) is 12.8 Å². The van der Waals surface area contributed by atoms with E-state index in [2.05, 4.69) is 75.6 Å². The van der Waals surface area contributed by atoms with E-state index in [0.29, 0.717) is 6.04 Å². The number of para-hydroxylation sites is 1. The van der Waals surface area contributed by atoms with Crippen LogP contribution in [0.15, 0.2) is 67.0 Å². The lowest BCUT2D eigenvalue weighted by Gasteiger charge is -2.24. The molecule has 0 bridgehead atoms. The molecule has 0 saturated carbocycles. The summed E-state index contributed by atoms with van der Waals surface area (Å²) >= 11 is 0. The SMILES string of the molecule is CC1Cc2ccccc2N1c1cc(NCCc2ccccc2)ncn1. The van der Waals surface area contributed by atoms with Crippen LogP contribution in [-0.4, -0.2) is 22.6 Å². The molecule has 126 valence electrons. The first-order valence-corrected chi connectivity index (χ1v) is 8.78. The molecule has 1 aliphatic rings. The number of hydrogen-bond acceptors (Lipinski definition) is 4. The second kappa shape index (κ2) is 6.93. The van der Waals surface area contributed by atoms with Gasteiger partial charge in [-0.2, -0.15) is 0 Å². The topological polar surface area (TPSA) is 41.0 Å². The molecule has 25 heavy (non-hydrogen) atoms. The highest BCUT2D eigenvalue weighted by Crippen LogP contribution is 2.37. The van der Waals surface area contributed by atoms with E-state index in [1.807, 2.05) is 12.1 Å². The van der Waals surface area contributed by atoms with Crippen LogP contribution in [0, 0.1) is 0 Å². The van der Waals surface area contributed by atoms with E-state index in [4.69, 9.17) is 0 Å². The molecule has 0 fully saturated rings. The summed E-state index contributed by atoms with van der Waals surface area (Å²) in [5.41, 5.74) is 3.96. The first-order chi connectivity index (χ1) is 12.3. The predicted molar refractivity (Wildman–Crippen MR) is 102 cm³/mol. The lowest BCUT2D eigenvalue weighted by molar-refractivity contribution is 0.749. The van der Waals surface area contributed by atoms with E-state index >= 15 is 0 Å². The third kappa shape index (κ3) is 3.33. The zero-order valence-electron chi connectivity index (χ0n) is 14.4. The van der Waals surface area contributed by atoms with Crippen LogP contribution in [0.4, 0.5) is 17.3 Å². The van der Waals surface area contributed by atoms with Crippen molar-refractivity contribution in [3.05, 3.63) is 78.1 Å². The highest BCUT2D eigenvalue weighted by atomic mass is 15.2. The van der Waals surface area contributed by atoms with Gasteiger partial charge in [-0.05, 0) is 37.0 Å². The average molecular weight is 330 g/mol. The number of anilines is 3. The Labute approximate surface area is 148 Å². The first kappa shape index (κ1) is 15.6. The molecule has 1 aliphatic heterocycles. The van der Waals surface area contributed by atoms with Gasteiger partial charge in [-0.15, -0.1) is 0 Å². The Morgan fingerprint density at radius 3 is 2.72 bits per heavy atom. The van der Waals surface area contributed by atoms with Crippen LogP contribution in [0.3, 0.4) is 0 Å². The molecule has 2 heterocycles. The molecule has 1 atom stereocenters. The molecule has 0 saturated heterocycles. The van der Waals surface area contributed by atoms with Crippen molar-refractivity contribution >= 4 is 17.3 Å². The fourth-order valence-electron chi connectivity index (χ4n) is 3.47. The van der Waals surface area contributed by atoms with Crippen molar-refractivity contribution in [3.63, 3.8) is 0 Å². The first-order valence-electron chi connectivity index (χ1n) is 8.78. The molecule has 3 aromatic rings. The van der Waals surface area contributed by atoms with Crippen LogP contribution in [0.2, 0.25) is 0 Å². The summed E-state index contributed by atoms with van der Waals surface area (Å²) in [6.45, 7) is 3.09. The Hall–Kier alpha value is -2.88. The van der Waals surface area contributed by atoms with Gasteiger partial charge in [0.1, 0.15) is 18.0 Å². The summed E-state index contributed by atoms with van der Waals surface area (Å²) in [4.78, 5) is 11.2. The van der Waals surface area contributed by atoms with Gasteiger partial charge in [-0.1, -0.05) is 48.5 Å². The fraction of sp³-hybridized carbons (Fsp3) is 0.238. The summed E-state index contributed by atoms with van der Waals surface area (Å²) in [6, 6.07) is 21.5. The molecule has 2 aromatic carbocycles. The normalized spacial score (nSPS) is 15.9. The van der Waals surface area contributed by atoms with Gasteiger partial charge in [0, 0.05) is 24.3 Å². The average Bonchev–Trinajstić information content (AvgIpc) is 2.98. The lowest BCUT2D eigenvalue weighted by Crippen LogP contribution is -2.25. The number of hydrogen-bond donors (Lipinski definition) is 1. The van der Waals surface area contributed by atoms with E-state index in [0.717, 1.165) is 31.0 Å². The zero-order valence-corrected chi connectivity index (χ0v) is 14.4. The lowest BCUT2D eigenvalue weighted by atomic mass is 10.1. The Morgan fingerprint density at radius 1 is 1.04 bits per heavy atom. The van der Waals surface area contributed by atoms with Crippen LogP contribution < -0.4 is 10.2 Å². The molecule has 0 amide bonds. The number of rotatable bonds is 5. The van der Waals surface area contributed by atoms with Gasteiger partial charge in [-0.25, -0.2) is 9.97 Å². The smallest absolute Gasteiger partial charge is 0.138 e. The molecule has 0 radical (unpaired) electrons. The fourth-order valence-corrected chi connectivity index (χ4v) is 3.47. The van der Waals surface area contributed by atoms with Crippen LogP contribution >= 0.6 is 0 Å². The second-order valence-electron chi connectivity index (χ2n) is 6.48. The Morgan fingerprint density at radius 2 is 1.84 bits per heavy atom.